The molecule has 3 aromatic rings. The predicted octanol–water partition coefficient (Wildman–Crippen LogP) is 4.58. The fraction of sp³-hybridized carbons (Fsp3) is 0.500. The molecule has 188 valence electrons. The normalized spacial score (nSPS) is 22.9. The van der Waals surface area contributed by atoms with Crippen molar-refractivity contribution in [2.45, 2.75) is 44.2 Å². The fourth-order valence-electron chi connectivity index (χ4n) is 5.33. The van der Waals surface area contributed by atoms with Gasteiger partial charge in [0.15, 0.2) is 0 Å². The summed E-state index contributed by atoms with van der Waals surface area (Å²) in [4.78, 5) is 14.3. The highest BCUT2D eigenvalue weighted by atomic mass is 32.2. The van der Waals surface area contributed by atoms with Crippen molar-refractivity contribution >= 4 is 38.4 Å². The van der Waals surface area contributed by atoms with Crippen molar-refractivity contribution in [2.75, 3.05) is 31.1 Å². The summed E-state index contributed by atoms with van der Waals surface area (Å²) < 4.78 is 50.2. The molecule has 0 bridgehead atoms. The summed E-state index contributed by atoms with van der Waals surface area (Å²) in [6.45, 7) is 6.38. The fourth-order valence-corrected chi connectivity index (χ4v) is 6.77. The Morgan fingerprint density at radius 3 is 2.63 bits per heavy atom. The zero-order valence-corrected chi connectivity index (χ0v) is 21.1. The van der Waals surface area contributed by atoms with Gasteiger partial charge in [-0.05, 0) is 43.5 Å². The Kier molecular flexibility index (Phi) is 6.62. The van der Waals surface area contributed by atoms with Crippen molar-refractivity contribution in [3.05, 3.63) is 52.7 Å². The number of likely N-dealkylation sites (tertiary alicyclic amines) is 1. The van der Waals surface area contributed by atoms with Crippen LogP contribution in [0.15, 0.2) is 36.7 Å². The maximum Gasteiger partial charge on any atom is 0.393 e. The monoisotopic (exact) mass is 523 g/mol. The molecule has 0 saturated carbocycles. The summed E-state index contributed by atoms with van der Waals surface area (Å²) in [6, 6.07) is 9.78. The summed E-state index contributed by atoms with van der Waals surface area (Å²) >= 11 is 1.10. The highest BCUT2D eigenvalue weighted by Gasteiger charge is 2.44. The average Bonchev–Trinajstić information content (AvgIpc) is 3.51. The van der Waals surface area contributed by atoms with Crippen LogP contribution in [0.3, 0.4) is 0 Å². The molecule has 1 aromatic carbocycles. The Balaban J connectivity index is 1.25. The maximum absolute atomic E-state index is 12.9. The van der Waals surface area contributed by atoms with Crippen LogP contribution in [0.4, 0.5) is 19.0 Å². The lowest BCUT2D eigenvalue weighted by atomic mass is 9.86. The first-order chi connectivity index (χ1) is 16.6. The van der Waals surface area contributed by atoms with Gasteiger partial charge in [-0.2, -0.15) is 13.2 Å². The number of halogens is 3. The molecule has 5 rings (SSSR count). The molecule has 3 atom stereocenters. The molecule has 3 unspecified atom stereocenters. The molecule has 2 aliphatic heterocycles. The van der Waals surface area contributed by atoms with Gasteiger partial charge >= 0.3 is 6.18 Å². The second kappa shape index (κ2) is 9.42. The third kappa shape index (κ3) is 5.37. The van der Waals surface area contributed by atoms with E-state index in [1.165, 1.54) is 11.9 Å². The van der Waals surface area contributed by atoms with E-state index in [4.69, 9.17) is 5.14 Å². The number of thiophene rings is 1. The molecular formula is C24H28F3N5OS2. The molecule has 4 heterocycles. The SMILES string of the molecule is CC(c1ccc(CN2CCC3(CCN(c4ncnc5sc(CC(F)(F)F)cc45)C3)C2)cc1)S(N)=O. The Labute approximate surface area is 208 Å². The van der Waals surface area contributed by atoms with E-state index in [2.05, 4.69) is 31.9 Å². The number of nitrogens with zero attached hydrogens (tertiary/aromatic N) is 4. The van der Waals surface area contributed by atoms with Crippen LogP contribution in [0.2, 0.25) is 0 Å². The number of hydrogen-bond donors (Lipinski definition) is 1. The van der Waals surface area contributed by atoms with E-state index in [0.29, 0.717) is 4.83 Å². The zero-order valence-electron chi connectivity index (χ0n) is 19.4. The van der Waals surface area contributed by atoms with Crippen molar-refractivity contribution in [1.82, 2.24) is 14.9 Å². The van der Waals surface area contributed by atoms with E-state index in [0.717, 1.165) is 73.7 Å². The molecular weight excluding hydrogens is 495 g/mol. The standard InChI is InChI=1S/C24H28F3N5OS2/c1-16(35(28)33)18-4-2-17(3-5-18)12-31-8-6-23(13-31)7-9-32(14-23)21-20-10-19(11-24(25,26)27)34-22(20)30-15-29-21/h2-5,10,15-16H,6-9,11-14,28H2,1H3. The van der Waals surface area contributed by atoms with Gasteiger partial charge in [0, 0.05) is 36.5 Å². The van der Waals surface area contributed by atoms with Crippen molar-refractivity contribution < 1.29 is 17.4 Å². The van der Waals surface area contributed by atoms with Crippen LogP contribution in [0, 0.1) is 5.41 Å². The summed E-state index contributed by atoms with van der Waals surface area (Å²) in [5.41, 5.74) is 2.35. The van der Waals surface area contributed by atoms with Gasteiger partial charge in [0.2, 0.25) is 0 Å². The van der Waals surface area contributed by atoms with Crippen LogP contribution in [-0.4, -0.2) is 51.4 Å². The van der Waals surface area contributed by atoms with Gasteiger partial charge in [-0.3, -0.25) is 10.0 Å². The number of benzene rings is 1. The minimum absolute atomic E-state index is 0.160. The first-order valence-corrected chi connectivity index (χ1v) is 13.7. The largest absolute Gasteiger partial charge is 0.393 e. The van der Waals surface area contributed by atoms with Crippen molar-refractivity contribution in [2.24, 2.45) is 10.6 Å². The van der Waals surface area contributed by atoms with Crippen LogP contribution in [-0.2, 0) is 24.0 Å². The Morgan fingerprint density at radius 1 is 1.17 bits per heavy atom. The summed E-state index contributed by atoms with van der Waals surface area (Å²) in [6.07, 6.45) is -1.59. The summed E-state index contributed by atoms with van der Waals surface area (Å²) in [5, 5.41) is 6.05. The van der Waals surface area contributed by atoms with E-state index in [1.807, 2.05) is 19.1 Å². The number of rotatable bonds is 6. The first kappa shape index (κ1) is 24.6. The molecule has 2 saturated heterocycles. The van der Waals surface area contributed by atoms with Gasteiger partial charge in [0.25, 0.3) is 0 Å². The van der Waals surface area contributed by atoms with Gasteiger partial charge < -0.3 is 4.90 Å². The molecule has 2 aliphatic rings. The van der Waals surface area contributed by atoms with Crippen LogP contribution >= 0.6 is 11.3 Å². The van der Waals surface area contributed by atoms with E-state index in [-0.39, 0.29) is 15.5 Å². The molecule has 1 spiro atoms. The molecule has 2 fully saturated rings. The smallest absolute Gasteiger partial charge is 0.355 e. The molecule has 0 aliphatic carbocycles. The van der Waals surface area contributed by atoms with E-state index in [9.17, 15) is 17.4 Å². The molecule has 0 amide bonds. The average molecular weight is 524 g/mol. The van der Waals surface area contributed by atoms with Crippen LogP contribution in [0.1, 0.15) is 41.0 Å². The lowest BCUT2D eigenvalue weighted by Crippen LogP contribution is -2.31. The molecule has 2 aromatic heterocycles. The number of alkyl halides is 3. The van der Waals surface area contributed by atoms with Gasteiger partial charge in [-0.15, -0.1) is 11.3 Å². The van der Waals surface area contributed by atoms with E-state index < -0.39 is 23.6 Å². The Bertz CT molecular complexity index is 1230. The summed E-state index contributed by atoms with van der Waals surface area (Å²) in [7, 11) is -1.38. The number of aromatic nitrogens is 2. The quantitative estimate of drug-likeness (QED) is 0.512. The Hall–Kier alpha value is -2.08. The lowest BCUT2D eigenvalue weighted by Gasteiger charge is -2.25. The first-order valence-electron chi connectivity index (χ1n) is 11.6. The third-order valence-corrected chi connectivity index (χ3v) is 9.21. The molecule has 11 heteroatoms. The van der Waals surface area contributed by atoms with Gasteiger partial charge in [-0.25, -0.2) is 14.2 Å². The lowest BCUT2D eigenvalue weighted by molar-refractivity contribution is -0.126. The third-order valence-electron chi connectivity index (χ3n) is 7.19. The van der Waals surface area contributed by atoms with Crippen molar-refractivity contribution in [3.63, 3.8) is 0 Å². The Morgan fingerprint density at radius 2 is 1.91 bits per heavy atom. The van der Waals surface area contributed by atoms with Gasteiger partial charge in [0.1, 0.15) is 17.0 Å². The van der Waals surface area contributed by atoms with E-state index >= 15 is 0 Å². The van der Waals surface area contributed by atoms with Crippen LogP contribution in [0.25, 0.3) is 10.2 Å². The summed E-state index contributed by atoms with van der Waals surface area (Å²) in [5.74, 6) is 0.747. The number of anilines is 1. The highest BCUT2D eigenvalue weighted by Crippen LogP contribution is 2.43. The maximum atomic E-state index is 12.9. The van der Waals surface area contributed by atoms with E-state index in [1.54, 1.807) is 6.07 Å². The number of fused-ring (bicyclic) bond motifs is 1. The van der Waals surface area contributed by atoms with Crippen molar-refractivity contribution in [3.8, 4) is 0 Å². The minimum Gasteiger partial charge on any atom is -0.355 e. The number of nitrogens with two attached hydrogens (primary N) is 1. The number of hydrogen-bond acceptors (Lipinski definition) is 6. The highest BCUT2D eigenvalue weighted by molar-refractivity contribution is 7.82. The molecule has 2 N–H and O–H groups in total. The molecule has 35 heavy (non-hydrogen) atoms. The second-order valence-corrected chi connectivity index (χ2v) is 12.2. The van der Waals surface area contributed by atoms with Crippen molar-refractivity contribution in [1.29, 1.82) is 0 Å². The molecule has 6 nitrogen and oxygen atoms in total. The minimum atomic E-state index is -4.23. The van der Waals surface area contributed by atoms with Crippen LogP contribution < -0.4 is 10.0 Å². The van der Waals surface area contributed by atoms with Gasteiger partial charge in [-0.1, -0.05) is 24.3 Å². The molecule has 0 radical (unpaired) electrons. The van der Waals surface area contributed by atoms with Gasteiger partial charge in [0.05, 0.1) is 28.0 Å². The second-order valence-electron chi connectivity index (χ2n) is 9.77. The predicted molar refractivity (Wildman–Crippen MR) is 134 cm³/mol. The topological polar surface area (TPSA) is 75.3 Å². The van der Waals surface area contributed by atoms with Crippen LogP contribution in [0.5, 0.6) is 0 Å². The zero-order chi connectivity index (χ0) is 24.8.